The van der Waals surface area contributed by atoms with Crippen molar-refractivity contribution in [3.8, 4) is 11.4 Å². The van der Waals surface area contributed by atoms with Crippen LogP contribution >= 0.6 is 0 Å². The third kappa shape index (κ3) is 2.75. The number of fused-ring (bicyclic) bond motifs is 1. The van der Waals surface area contributed by atoms with Crippen LogP contribution in [0.25, 0.3) is 17.0 Å². The summed E-state index contributed by atoms with van der Waals surface area (Å²) in [5, 5.41) is 7.91. The molecule has 5 rings (SSSR count). The highest BCUT2D eigenvalue weighted by molar-refractivity contribution is 5.60. The van der Waals surface area contributed by atoms with Crippen molar-refractivity contribution in [2.45, 2.75) is 56.9 Å². The predicted molar refractivity (Wildman–Crippen MR) is 96.5 cm³/mol. The maximum atomic E-state index is 4.86. The van der Waals surface area contributed by atoms with Gasteiger partial charge >= 0.3 is 0 Å². The first-order valence-electron chi connectivity index (χ1n) is 9.31. The lowest BCUT2D eigenvalue weighted by Gasteiger charge is -2.24. The Bertz CT molecular complexity index is 892. The zero-order chi connectivity index (χ0) is 16.6. The van der Waals surface area contributed by atoms with Gasteiger partial charge in [0.15, 0.2) is 5.65 Å². The van der Waals surface area contributed by atoms with Gasteiger partial charge < -0.3 is 5.32 Å². The smallest absolute Gasteiger partial charge is 0.223 e. The minimum Gasteiger partial charge on any atom is -0.351 e. The number of hydrogen-bond donors (Lipinski definition) is 1. The number of hydrogen-bond acceptors (Lipinski definition) is 5. The molecule has 0 aromatic carbocycles. The van der Waals surface area contributed by atoms with Crippen molar-refractivity contribution in [1.29, 1.82) is 0 Å². The fraction of sp³-hybridized carbons (Fsp3) is 0.474. The summed E-state index contributed by atoms with van der Waals surface area (Å²) in [7, 11) is 0. The van der Waals surface area contributed by atoms with Gasteiger partial charge in [-0.1, -0.05) is 19.3 Å². The van der Waals surface area contributed by atoms with Crippen LogP contribution in [0.4, 0.5) is 5.95 Å². The monoisotopic (exact) mass is 334 g/mol. The standard InChI is InChI=1S/C19H22N6/c1-2-7-14(6-1)22-19-20-10-8-16(24-19)17-9-11-25-18(23-17)15(12-21-25)13-4-3-5-13/h8-14H,1-7H2,(H,20,22,24). The molecule has 2 saturated carbocycles. The third-order valence-electron chi connectivity index (χ3n) is 5.55. The van der Waals surface area contributed by atoms with E-state index >= 15 is 0 Å². The molecule has 0 unspecified atom stereocenters. The molecule has 0 atom stereocenters. The molecule has 0 amide bonds. The first-order valence-corrected chi connectivity index (χ1v) is 9.31. The zero-order valence-corrected chi connectivity index (χ0v) is 14.2. The van der Waals surface area contributed by atoms with Gasteiger partial charge in [0.1, 0.15) is 0 Å². The Balaban J connectivity index is 1.47. The molecule has 2 aliphatic rings. The van der Waals surface area contributed by atoms with Gasteiger partial charge in [-0.2, -0.15) is 5.10 Å². The highest BCUT2D eigenvalue weighted by Gasteiger charge is 2.24. The molecule has 2 aliphatic carbocycles. The lowest BCUT2D eigenvalue weighted by atomic mass is 9.81. The topological polar surface area (TPSA) is 68.0 Å². The van der Waals surface area contributed by atoms with Crippen LogP contribution in [-0.4, -0.2) is 30.6 Å². The van der Waals surface area contributed by atoms with E-state index in [1.54, 1.807) is 0 Å². The van der Waals surface area contributed by atoms with Crippen molar-refractivity contribution in [3.05, 3.63) is 36.3 Å². The zero-order valence-electron chi connectivity index (χ0n) is 14.2. The Labute approximate surface area is 146 Å². The summed E-state index contributed by atoms with van der Waals surface area (Å²) in [6.45, 7) is 0. The van der Waals surface area contributed by atoms with E-state index in [4.69, 9.17) is 9.97 Å². The molecule has 0 bridgehead atoms. The fourth-order valence-corrected chi connectivity index (χ4v) is 3.86. The fourth-order valence-electron chi connectivity index (χ4n) is 3.86. The molecule has 6 heteroatoms. The first kappa shape index (κ1) is 14.8. The van der Waals surface area contributed by atoms with E-state index in [0.29, 0.717) is 17.9 Å². The van der Waals surface area contributed by atoms with Gasteiger partial charge in [0, 0.05) is 24.0 Å². The molecule has 2 fully saturated rings. The van der Waals surface area contributed by atoms with Gasteiger partial charge in [-0.05, 0) is 43.7 Å². The molecule has 0 saturated heterocycles. The SMILES string of the molecule is c1cc(-c2ccn3ncc(C4CCC4)c3n2)nc(NC2CCCC2)n1. The second-order valence-corrected chi connectivity index (χ2v) is 7.20. The number of nitrogens with one attached hydrogen (secondary N) is 1. The molecule has 6 nitrogen and oxygen atoms in total. The van der Waals surface area contributed by atoms with Gasteiger partial charge in [0.25, 0.3) is 0 Å². The largest absolute Gasteiger partial charge is 0.351 e. The maximum absolute atomic E-state index is 4.86. The third-order valence-corrected chi connectivity index (χ3v) is 5.55. The predicted octanol–water partition coefficient (Wildman–Crippen LogP) is 3.81. The van der Waals surface area contributed by atoms with E-state index in [-0.39, 0.29) is 0 Å². The summed E-state index contributed by atoms with van der Waals surface area (Å²) < 4.78 is 1.87. The van der Waals surface area contributed by atoms with E-state index < -0.39 is 0 Å². The summed E-state index contributed by atoms with van der Waals surface area (Å²) in [5.74, 6) is 1.32. The normalized spacial score (nSPS) is 18.6. The second-order valence-electron chi connectivity index (χ2n) is 7.20. The lowest BCUT2D eigenvalue weighted by Crippen LogP contribution is -2.16. The number of rotatable bonds is 4. The molecule has 3 aromatic heterocycles. The molecule has 3 aromatic rings. The van der Waals surface area contributed by atoms with Gasteiger partial charge in [-0.25, -0.2) is 19.5 Å². The molecule has 0 aliphatic heterocycles. The highest BCUT2D eigenvalue weighted by Crippen LogP contribution is 2.38. The quantitative estimate of drug-likeness (QED) is 0.786. The lowest BCUT2D eigenvalue weighted by molar-refractivity contribution is 0.421. The minimum atomic E-state index is 0.505. The average Bonchev–Trinajstić information content (AvgIpc) is 3.24. The minimum absolute atomic E-state index is 0.505. The summed E-state index contributed by atoms with van der Waals surface area (Å²) in [6.07, 6.45) is 14.6. The number of aromatic nitrogens is 5. The molecule has 1 N–H and O–H groups in total. The molecular weight excluding hydrogens is 312 g/mol. The van der Waals surface area contributed by atoms with E-state index in [2.05, 4.69) is 15.4 Å². The van der Waals surface area contributed by atoms with Gasteiger partial charge in [-0.15, -0.1) is 0 Å². The van der Waals surface area contributed by atoms with Crippen LogP contribution in [0, 0.1) is 0 Å². The van der Waals surface area contributed by atoms with Crippen LogP contribution in [-0.2, 0) is 0 Å². The average molecular weight is 334 g/mol. The van der Waals surface area contributed by atoms with Crippen LogP contribution in [0.5, 0.6) is 0 Å². The van der Waals surface area contributed by atoms with Gasteiger partial charge in [0.05, 0.1) is 17.6 Å². The molecule has 0 spiro atoms. The summed E-state index contributed by atoms with van der Waals surface area (Å²) in [6, 6.07) is 4.41. The highest BCUT2D eigenvalue weighted by atomic mass is 15.2. The van der Waals surface area contributed by atoms with Crippen LogP contribution in [0.3, 0.4) is 0 Å². The van der Waals surface area contributed by atoms with Crippen molar-refractivity contribution in [2.24, 2.45) is 0 Å². The summed E-state index contributed by atoms with van der Waals surface area (Å²) >= 11 is 0. The van der Waals surface area contributed by atoms with Crippen molar-refractivity contribution in [2.75, 3.05) is 5.32 Å². The van der Waals surface area contributed by atoms with E-state index in [9.17, 15) is 0 Å². The van der Waals surface area contributed by atoms with Crippen molar-refractivity contribution in [1.82, 2.24) is 24.6 Å². The molecule has 0 radical (unpaired) electrons. The van der Waals surface area contributed by atoms with Gasteiger partial charge in [0.2, 0.25) is 5.95 Å². The van der Waals surface area contributed by atoms with Crippen LogP contribution in [0.2, 0.25) is 0 Å². The molecule has 128 valence electrons. The summed E-state index contributed by atoms with van der Waals surface area (Å²) in [4.78, 5) is 13.9. The molecule has 25 heavy (non-hydrogen) atoms. The van der Waals surface area contributed by atoms with Gasteiger partial charge in [-0.3, -0.25) is 0 Å². The number of anilines is 1. The van der Waals surface area contributed by atoms with Crippen LogP contribution in [0.1, 0.15) is 56.4 Å². The summed E-state index contributed by atoms with van der Waals surface area (Å²) in [5.41, 5.74) is 3.97. The molecule has 3 heterocycles. The second kappa shape index (κ2) is 6.10. The van der Waals surface area contributed by atoms with E-state index in [0.717, 1.165) is 17.0 Å². The number of nitrogens with zero attached hydrogens (tertiary/aromatic N) is 5. The Morgan fingerprint density at radius 2 is 1.80 bits per heavy atom. The molecular formula is C19H22N6. The Morgan fingerprint density at radius 3 is 2.60 bits per heavy atom. The Kier molecular flexibility index (Phi) is 3.61. The van der Waals surface area contributed by atoms with Crippen molar-refractivity contribution < 1.29 is 0 Å². The van der Waals surface area contributed by atoms with Crippen LogP contribution in [0.15, 0.2) is 30.7 Å². The van der Waals surface area contributed by atoms with E-state index in [1.165, 1.54) is 50.5 Å². The van der Waals surface area contributed by atoms with Crippen molar-refractivity contribution >= 4 is 11.6 Å². The van der Waals surface area contributed by atoms with Crippen molar-refractivity contribution in [3.63, 3.8) is 0 Å². The Morgan fingerprint density at radius 1 is 0.960 bits per heavy atom. The Hall–Kier alpha value is -2.50. The maximum Gasteiger partial charge on any atom is 0.223 e. The van der Waals surface area contributed by atoms with Crippen LogP contribution < -0.4 is 5.32 Å². The van der Waals surface area contributed by atoms with E-state index in [1.807, 2.05) is 35.2 Å². The first-order chi connectivity index (χ1) is 12.4.